The van der Waals surface area contributed by atoms with Crippen molar-refractivity contribution in [3.05, 3.63) is 102 Å². The summed E-state index contributed by atoms with van der Waals surface area (Å²) >= 11 is 0. The smallest absolute Gasteiger partial charge is 0.457 e. The predicted octanol–water partition coefficient (Wildman–Crippen LogP) is 8.51. The van der Waals surface area contributed by atoms with Crippen LogP contribution < -0.4 is 9.47 Å². The van der Waals surface area contributed by atoms with Crippen LogP contribution in [0.2, 0.25) is 0 Å². The van der Waals surface area contributed by atoms with E-state index in [1.54, 1.807) is 50.2 Å². The highest BCUT2D eigenvalue weighted by Crippen LogP contribution is 2.37. The van der Waals surface area contributed by atoms with Crippen molar-refractivity contribution in [3.63, 3.8) is 0 Å². The fourth-order valence-corrected chi connectivity index (χ4v) is 3.48. The predicted molar refractivity (Wildman–Crippen MR) is 117 cm³/mol. The van der Waals surface area contributed by atoms with Crippen molar-refractivity contribution in [1.82, 2.24) is 0 Å². The van der Waals surface area contributed by atoms with Crippen molar-refractivity contribution in [2.45, 2.75) is 32.5 Å². The van der Waals surface area contributed by atoms with Gasteiger partial charge < -0.3 is 9.47 Å². The third-order valence-corrected chi connectivity index (χ3v) is 4.91. The molecule has 3 aromatic carbocycles. The van der Waals surface area contributed by atoms with E-state index in [9.17, 15) is 17.6 Å². The molecule has 0 saturated carbocycles. The molecule has 0 radical (unpaired) electrons. The molecule has 1 atom stereocenters. The SMILES string of the molecule is CC(C)C(/C(F)=C(\F)Cc1cccc(Oc2ccccc2)c1)c1ccc(OC(F)(F)F)cc1. The summed E-state index contributed by atoms with van der Waals surface area (Å²) in [6, 6.07) is 20.6. The lowest BCUT2D eigenvalue weighted by Crippen LogP contribution is -2.17. The Bertz CT molecular complexity index is 1070. The summed E-state index contributed by atoms with van der Waals surface area (Å²) in [6.07, 6.45) is -5.11. The summed E-state index contributed by atoms with van der Waals surface area (Å²) < 4.78 is 76.8. The van der Waals surface area contributed by atoms with Crippen LogP contribution in [0.25, 0.3) is 0 Å². The van der Waals surface area contributed by atoms with Crippen LogP contribution in [0.1, 0.15) is 30.9 Å². The normalized spacial score (nSPS) is 13.5. The van der Waals surface area contributed by atoms with Crippen molar-refractivity contribution in [1.29, 1.82) is 0 Å². The standard InChI is InChI=1S/C26H23F5O2/c1-17(2)24(19-11-13-21(14-12-19)33-26(29,30)31)25(28)23(27)16-18-7-6-10-22(15-18)32-20-8-4-3-5-9-20/h3-15,17,24H,16H2,1-2H3/b25-23+. The number of alkyl halides is 3. The third kappa shape index (κ3) is 7.07. The molecule has 0 saturated heterocycles. The second kappa shape index (κ2) is 10.5. The zero-order chi connectivity index (χ0) is 24.0. The van der Waals surface area contributed by atoms with Gasteiger partial charge in [-0.15, -0.1) is 13.2 Å². The summed E-state index contributed by atoms with van der Waals surface area (Å²) in [7, 11) is 0. The van der Waals surface area contributed by atoms with Crippen LogP contribution in [0.3, 0.4) is 0 Å². The molecule has 0 aliphatic heterocycles. The number of allylic oxidation sites excluding steroid dienone is 2. The van der Waals surface area contributed by atoms with E-state index >= 15 is 4.39 Å². The maximum absolute atomic E-state index is 15.2. The fraction of sp³-hybridized carbons (Fsp3) is 0.231. The van der Waals surface area contributed by atoms with Crippen LogP contribution >= 0.6 is 0 Å². The Morgan fingerprint density at radius 3 is 2.03 bits per heavy atom. The zero-order valence-corrected chi connectivity index (χ0v) is 18.1. The van der Waals surface area contributed by atoms with Gasteiger partial charge in [-0.3, -0.25) is 0 Å². The number of ether oxygens (including phenoxy) is 2. The van der Waals surface area contributed by atoms with Gasteiger partial charge in [-0.2, -0.15) is 0 Å². The first kappa shape index (κ1) is 24.3. The summed E-state index contributed by atoms with van der Waals surface area (Å²) in [5.41, 5.74) is 0.876. The first-order valence-corrected chi connectivity index (χ1v) is 10.3. The largest absolute Gasteiger partial charge is 0.573 e. The van der Waals surface area contributed by atoms with E-state index < -0.39 is 29.7 Å². The van der Waals surface area contributed by atoms with E-state index in [-0.39, 0.29) is 12.3 Å². The molecule has 0 N–H and O–H groups in total. The highest BCUT2D eigenvalue weighted by Gasteiger charge is 2.31. The van der Waals surface area contributed by atoms with Gasteiger partial charge in [0.25, 0.3) is 0 Å². The quantitative estimate of drug-likeness (QED) is 0.313. The molecule has 33 heavy (non-hydrogen) atoms. The molecule has 0 aliphatic rings. The average molecular weight is 462 g/mol. The lowest BCUT2D eigenvalue weighted by Gasteiger charge is -2.21. The Morgan fingerprint density at radius 2 is 1.42 bits per heavy atom. The first-order chi connectivity index (χ1) is 15.6. The van der Waals surface area contributed by atoms with E-state index in [1.165, 1.54) is 12.1 Å². The average Bonchev–Trinajstić information content (AvgIpc) is 2.75. The first-order valence-electron chi connectivity index (χ1n) is 10.3. The van der Waals surface area contributed by atoms with Gasteiger partial charge in [-0.25, -0.2) is 8.78 Å². The maximum atomic E-state index is 15.2. The molecule has 0 aliphatic carbocycles. The highest BCUT2D eigenvalue weighted by atomic mass is 19.4. The van der Waals surface area contributed by atoms with E-state index in [2.05, 4.69) is 4.74 Å². The fourth-order valence-electron chi connectivity index (χ4n) is 3.48. The highest BCUT2D eigenvalue weighted by molar-refractivity contribution is 5.37. The minimum Gasteiger partial charge on any atom is -0.457 e. The second-order valence-electron chi connectivity index (χ2n) is 7.83. The zero-order valence-electron chi connectivity index (χ0n) is 18.1. The maximum Gasteiger partial charge on any atom is 0.573 e. The molecule has 174 valence electrons. The van der Waals surface area contributed by atoms with Gasteiger partial charge in [0.1, 0.15) is 28.9 Å². The van der Waals surface area contributed by atoms with Crippen molar-refractivity contribution in [2.75, 3.05) is 0 Å². The number of hydrogen-bond acceptors (Lipinski definition) is 2. The van der Waals surface area contributed by atoms with Gasteiger partial charge in [0.2, 0.25) is 0 Å². The van der Waals surface area contributed by atoms with Crippen LogP contribution in [0.4, 0.5) is 22.0 Å². The molecular weight excluding hydrogens is 439 g/mol. The number of para-hydroxylation sites is 1. The molecule has 7 heteroatoms. The van der Waals surface area contributed by atoms with E-state index in [4.69, 9.17) is 4.74 Å². The molecule has 0 heterocycles. The van der Waals surface area contributed by atoms with Crippen LogP contribution in [0.15, 0.2) is 90.5 Å². The topological polar surface area (TPSA) is 18.5 Å². The number of rotatable bonds is 8. The Labute approximate surface area is 189 Å². The molecule has 0 amide bonds. The number of halogens is 5. The van der Waals surface area contributed by atoms with Crippen molar-refractivity contribution >= 4 is 0 Å². The number of benzene rings is 3. The van der Waals surface area contributed by atoms with Crippen molar-refractivity contribution in [2.24, 2.45) is 5.92 Å². The Balaban J connectivity index is 1.79. The minimum absolute atomic E-state index is 0.281. The Hall–Kier alpha value is -3.35. The molecule has 2 nitrogen and oxygen atoms in total. The number of hydrogen-bond donors (Lipinski definition) is 0. The second-order valence-corrected chi connectivity index (χ2v) is 7.83. The monoisotopic (exact) mass is 462 g/mol. The molecule has 0 fully saturated rings. The third-order valence-electron chi connectivity index (χ3n) is 4.91. The van der Waals surface area contributed by atoms with Gasteiger partial charge in [0.05, 0.1) is 0 Å². The van der Waals surface area contributed by atoms with Crippen LogP contribution in [-0.2, 0) is 6.42 Å². The molecule has 0 spiro atoms. The molecule has 0 bridgehead atoms. The van der Waals surface area contributed by atoms with E-state index in [1.807, 2.05) is 18.2 Å². The van der Waals surface area contributed by atoms with Gasteiger partial charge in [0.15, 0.2) is 0 Å². The molecule has 3 aromatic rings. The molecular formula is C26H23F5O2. The van der Waals surface area contributed by atoms with E-state index in [0.29, 0.717) is 22.6 Å². The lowest BCUT2D eigenvalue weighted by atomic mass is 9.86. The van der Waals surface area contributed by atoms with Gasteiger partial charge in [0, 0.05) is 12.3 Å². The summed E-state index contributed by atoms with van der Waals surface area (Å²) in [5, 5.41) is 0. The minimum atomic E-state index is -4.82. The molecule has 0 aromatic heterocycles. The van der Waals surface area contributed by atoms with Gasteiger partial charge >= 0.3 is 6.36 Å². The van der Waals surface area contributed by atoms with Gasteiger partial charge in [-0.1, -0.05) is 56.3 Å². The van der Waals surface area contributed by atoms with Crippen LogP contribution in [0, 0.1) is 5.92 Å². The molecule has 3 rings (SSSR count). The van der Waals surface area contributed by atoms with Gasteiger partial charge in [-0.05, 0) is 53.4 Å². The van der Waals surface area contributed by atoms with E-state index in [0.717, 1.165) is 12.1 Å². The van der Waals surface area contributed by atoms with Crippen LogP contribution in [-0.4, -0.2) is 6.36 Å². The molecule has 1 unspecified atom stereocenters. The van der Waals surface area contributed by atoms with Crippen LogP contribution in [0.5, 0.6) is 17.2 Å². The van der Waals surface area contributed by atoms with Crippen molar-refractivity contribution < 1.29 is 31.4 Å². The summed E-state index contributed by atoms with van der Waals surface area (Å²) in [4.78, 5) is 0. The Kier molecular flexibility index (Phi) is 7.74. The van der Waals surface area contributed by atoms with Crippen molar-refractivity contribution in [3.8, 4) is 17.2 Å². The Morgan fingerprint density at radius 1 is 0.788 bits per heavy atom. The lowest BCUT2D eigenvalue weighted by molar-refractivity contribution is -0.274. The summed E-state index contributed by atoms with van der Waals surface area (Å²) in [6.45, 7) is 3.43. The summed E-state index contributed by atoms with van der Waals surface area (Å²) in [5.74, 6) is -2.49.